The Balaban J connectivity index is 0.839. The number of hydrogen-bond acceptors (Lipinski definition) is 26. The molecule has 0 amide bonds. The molecule has 17 rings (SSSR count). The Hall–Kier alpha value is -18.2. The molecule has 16 aromatic carbocycles. The third-order valence-electron chi connectivity index (χ3n) is 22.8. The number of carbonyl (C=O) groups excluding carboxylic acids is 5. The molecule has 726 valence electrons. The molecule has 0 aliphatic carbocycles. The lowest BCUT2D eigenvalue weighted by molar-refractivity contribution is -0.282. The van der Waals surface area contributed by atoms with Crippen molar-refractivity contribution in [3.05, 3.63) is 483 Å². The summed E-state index contributed by atoms with van der Waals surface area (Å²) in [6.45, 7) is -2.11. The van der Waals surface area contributed by atoms with Crippen LogP contribution in [0.3, 0.4) is 0 Å². The Bertz CT molecular complexity index is 6720. The lowest BCUT2D eigenvalue weighted by Gasteiger charge is -2.44. The first kappa shape index (κ1) is 97.5. The highest BCUT2D eigenvalue weighted by molar-refractivity contribution is 5.95. The Morgan fingerprint density at radius 1 is 0.201 bits per heavy atom. The standard InChI is InChI=1S/C118H98O26/c119-94-56-89(57-95(120)105(94)134-72-84-46-24-7-25-47-84)114(124)141-110-104(77-139-113(123)91-60-98(128-66-78-34-12-1-13-35-78)107(136-74-86-50-28-9-29-51-86)99(61-91)129-67-79-36-14-2-15-37-79)140-118(144-117(127)93-64-102(132-70-82-42-20-5-21-43-82)109(138-76-88-54-32-11-33-55-88)103(65-93)133-71-83-44-22-6-23-45-83)112(111(110)142-115(125)90-58-96(121)106(97(122)59-90)135-73-85-48-26-8-27-49-85)143-116(126)92-62-100(130-68-80-38-16-3-17-39-80)108(137-75-87-52-30-10-31-53-87)101(63-92)131-69-81-40-18-4-19-41-81/h1-65,104,110-112,118-122H,66-77H2/t104-,110-,111+,112-,118+/m1/s1. The minimum atomic E-state index is -2.48. The maximum atomic E-state index is 16.6. The van der Waals surface area contributed by atoms with E-state index in [1.165, 1.54) is 36.4 Å². The SMILES string of the molecule is O=C(OC[C@H]1O[C@@H](OC(=O)c2cc(OCc3ccccc3)c(OCc3ccccc3)c(OCc3ccccc3)c2)[C@H](OC(=O)c2cc(OCc3ccccc3)c(OCc3ccccc3)c(OCc3ccccc3)c2)[C@@H](OC(=O)c2cc(O)c(OCc3ccccc3)c(O)c2)[C@@H]1OC(=O)c1cc(O)c(OCc2ccccc2)c(O)c1)c1cc(OCc2ccccc2)c(OCc2ccccc2)c(OCc2ccccc2)c1. The highest BCUT2D eigenvalue weighted by Gasteiger charge is 2.55. The summed E-state index contributed by atoms with van der Waals surface area (Å²) in [6, 6.07) is 112. The first-order valence-corrected chi connectivity index (χ1v) is 46.2. The van der Waals surface area contributed by atoms with Crippen molar-refractivity contribution in [2.45, 2.75) is 103 Å². The molecule has 0 saturated carbocycles. The molecule has 1 aliphatic heterocycles. The number of aromatic hydroxyl groups is 4. The molecule has 1 saturated heterocycles. The number of phenolic OH excluding ortho intramolecular Hbond substituents is 4. The zero-order chi connectivity index (χ0) is 99.1. The summed E-state index contributed by atoms with van der Waals surface area (Å²) in [6.07, 6.45) is -11.9. The fraction of sp³-hybridized carbons (Fsp3) is 0.144. The molecule has 4 N–H and O–H groups in total. The highest BCUT2D eigenvalue weighted by Crippen LogP contribution is 2.47. The van der Waals surface area contributed by atoms with Gasteiger partial charge in [-0.3, -0.25) is 0 Å². The van der Waals surface area contributed by atoms with Gasteiger partial charge in [-0.2, -0.15) is 0 Å². The van der Waals surface area contributed by atoms with Gasteiger partial charge in [-0.1, -0.05) is 334 Å². The molecule has 1 aliphatic rings. The van der Waals surface area contributed by atoms with Gasteiger partial charge in [0.1, 0.15) is 85.4 Å². The number of ether oxygens (including phenoxy) is 17. The summed E-state index contributed by atoms with van der Waals surface area (Å²) in [5, 5.41) is 47.7. The average molecular weight is 1930 g/mol. The summed E-state index contributed by atoms with van der Waals surface area (Å²) in [7, 11) is 0. The zero-order valence-corrected chi connectivity index (χ0v) is 77.7. The van der Waals surface area contributed by atoms with Crippen LogP contribution in [-0.4, -0.2) is 87.6 Å². The Morgan fingerprint density at radius 3 is 0.611 bits per heavy atom. The van der Waals surface area contributed by atoms with E-state index in [0.29, 0.717) is 33.4 Å². The van der Waals surface area contributed by atoms with Crippen molar-refractivity contribution in [2.75, 3.05) is 6.61 Å². The van der Waals surface area contributed by atoms with E-state index in [2.05, 4.69) is 0 Å². The van der Waals surface area contributed by atoms with Crippen molar-refractivity contribution in [3.8, 4) is 86.2 Å². The van der Waals surface area contributed by atoms with Crippen molar-refractivity contribution in [1.29, 1.82) is 0 Å². The van der Waals surface area contributed by atoms with E-state index in [4.69, 9.17) is 80.5 Å². The molecular weight excluding hydrogens is 1830 g/mol. The number of rotatable bonds is 44. The maximum absolute atomic E-state index is 16.6. The van der Waals surface area contributed by atoms with Gasteiger partial charge < -0.3 is 101 Å². The van der Waals surface area contributed by atoms with Gasteiger partial charge in [0.15, 0.2) is 69.7 Å². The summed E-state index contributed by atoms with van der Waals surface area (Å²) >= 11 is 0. The van der Waals surface area contributed by atoms with Crippen molar-refractivity contribution in [3.63, 3.8) is 0 Å². The molecule has 1 heterocycles. The number of carbonyl (C=O) groups is 5. The number of phenols is 4. The van der Waals surface area contributed by atoms with Crippen molar-refractivity contribution in [1.82, 2.24) is 0 Å². The minimum Gasteiger partial charge on any atom is -0.504 e. The molecule has 0 radical (unpaired) electrons. The second-order valence-electron chi connectivity index (χ2n) is 33.3. The minimum absolute atomic E-state index is 0.00428. The average Bonchev–Trinajstić information content (AvgIpc) is 0.763. The molecule has 1 fully saturated rings. The Kier molecular flexibility index (Phi) is 32.8. The normalized spacial score (nSPS) is 14.0. The monoisotopic (exact) mass is 1930 g/mol. The van der Waals surface area contributed by atoms with Crippen molar-refractivity contribution >= 4 is 29.8 Å². The maximum Gasteiger partial charge on any atom is 0.340 e. The van der Waals surface area contributed by atoms with E-state index < -0.39 is 113 Å². The smallest absolute Gasteiger partial charge is 0.340 e. The first-order chi connectivity index (χ1) is 70.6. The Labute approximate surface area is 829 Å². The first-order valence-electron chi connectivity index (χ1n) is 46.2. The summed E-state index contributed by atoms with van der Waals surface area (Å²) in [4.78, 5) is 80.9. The summed E-state index contributed by atoms with van der Waals surface area (Å²) in [5.41, 5.74) is 5.52. The summed E-state index contributed by atoms with van der Waals surface area (Å²) < 4.78 is 112. The lowest BCUT2D eigenvalue weighted by Crippen LogP contribution is -2.63. The topological polar surface area (TPSA) is 323 Å². The largest absolute Gasteiger partial charge is 0.504 e. The molecular formula is C118H98O26. The van der Waals surface area contributed by atoms with Gasteiger partial charge in [0.05, 0.1) is 27.8 Å². The van der Waals surface area contributed by atoms with Crippen LogP contribution in [0.15, 0.2) is 394 Å². The van der Waals surface area contributed by atoms with Gasteiger partial charge in [0.25, 0.3) is 0 Å². The van der Waals surface area contributed by atoms with Crippen LogP contribution in [0.2, 0.25) is 0 Å². The van der Waals surface area contributed by atoms with Gasteiger partial charge >= 0.3 is 29.8 Å². The number of hydrogen-bond donors (Lipinski definition) is 4. The van der Waals surface area contributed by atoms with E-state index in [0.717, 1.165) is 52.1 Å². The van der Waals surface area contributed by atoms with Crippen LogP contribution >= 0.6 is 0 Å². The number of esters is 5. The third kappa shape index (κ3) is 26.4. The van der Waals surface area contributed by atoms with E-state index >= 15 is 24.0 Å². The van der Waals surface area contributed by atoms with Crippen LogP contribution < -0.4 is 52.1 Å². The van der Waals surface area contributed by atoms with Crippen LogP contribution in [0.5, 0.6) is 86.2 Å². The molecule has 16 aromatic rings. The van der Waals surface area contributed by atoms with E-state index in [9.17, 15) is 20.4 Å². The zero-order valence-electron chi connectivity index (χ0n) is 77.7. The molecule has 26 nitrogen and oxygen atoms in total. The summed E-state index contributed by atoms with van der Waals surface area (Å²) in [5.74, 6) is -10.9. The third-order valence-corrected chi connectivity index (χ3v) is 22.8. The van der Waals surface area contributed by atoms with Crippen LogP contribution in [0.25, 0.3) is 0 Å². The molecule has 0 bridgehead atoms. The van der Waals surface area contributed by atoms with Crippen LogP contribution in [0.1, 0.15) is 113 Å². The number of benzene rings is 16. The second-order valence-corrected chi connectivity index (χ2v) is 33.3. The fourth-order valence-corrected chi connectivity index (χ4v) is 15.4. The predicted molar refractivity (Wildman–Crippen MR) is 529 cm³/mol. The molecule has 0 spiro atoms. The fourth-order valence-electron chi connectivity index (χ4n) is 15.4. The Morgan fingerprint density at radius 2 is 0.382 bits per heavy atom. The van der Waals surface area contributed by atoms with Gasteiger partial charge in [-0.15, -0.1) is 0 Å². The molecule has 0 unspecified atom stereocenters. The van der Waals surface area contributed by atoms with E-state index in [-0.39, 0.29) is 141 Å². The van der Waals surface area contributed by atoms with Crippen LogP contribution in [0.4, 0.5) is 0 Å². The van der Waals surface area contributed by atoms with Gasteiger partial charge in [-0.25, -0.2) is 24.0 Å². The predicted octanol–water partition coefficient (Wildman–Crippen LogP) is 22.3. The second kappa shape index (κ2) is 48.4. The van der Waals surface area contributed by atoms with Crippen molar-refractivity contribution in [2.24, 2.45) is 0 Å². The quantitative estimate of drug-likeness (QED) is 0.0204. The molecule has 144 heavy (non-hydrogen) atoms. The highest BCUT2D eigenvalue weighted by atomic mass is 16.7. The van der Waals surface area contributed by atoms with Crippen LogP contribution in [-0.2, 0) is 101 Å². The van der Waals surface area contributed by atoms with Gasteiger partial charge in [-0.05, 0) is 122 Å². The molecule has 5 atom stereocenters. The lowest BCUT2D eigenvalue weighted by atomic mass is 9.97. The van der Waals surface area contributed by atoms with Gasteiger partial charge in [0.2, 0.25) is 41.1 Å². The van der Waals surface area contributed by atoms with E-state index in [1.807, 2.05) is 273 Å². The van der Waals surface area contributed by atoms with Gasteiger partial charge in [0, 0.05) is 0 Å². The van der Waals surface area contributed by atoms with Crippen LogP contribution in [0, 0.1) is 0 Å². The van der Waals surface area contributed by atoms with Crippen molar-refractivity contribution < 1.29 is 125 Å². The molecule has 0 aromatic heterocycles. The molecule has 26 heteroatoms. The van der Waals surface area contributed by atoms with E-state index in [1.54, 1.807) is 60.7 Å².